The predicted molar refractivity (Wildman–Crippen MR) is 57.6 cm³/mol. The molecule has 0 fully saturated rings. The number of hydrogen-bond donors (Lipinski definition) is 1. The van der Waals surface area contributed by atoms with Gasteiger partial charge in [0.2, 0.25) is 0 Å². The SMILES string of the molecule is CNCC(C)COc1cccnc1C. The van der Waals surface area contributed by atoms with E-state index in [1.807, 2.05) is 26.1 Å². The van der Waals surface area contributed by atoms with Gasteiger partial charge < -0.3 is 10.1 Å². The molecule has 0 amide bonds. The lowest BCUT2D eigenvalue weighted by Crippen LogP contribution is -2.21. The number of nitrogens with one attached hydrogen (secondary N) is 1. The number of aryl methyl sites for hydroxylation is 1. The topological polar surface area (TPSA) is 34.1 Å². The Kier molecular flexibility index (Phi) is 4.40. The largest absolute Gasteiger partial charge is 0.491 e. The summed E-state index contributed by atoms with van der Waals surface area (Å²) in [4.78, 5) is 4.16. The molecule has 1 N–H and O–H groups in total. The van der Waals surface area contributed by atoms with E-state index < -0.39 is 0 Å². The minimum atomic E-state index is 0.514. The first kappa shape index (κ1) is 11.0. The summed E-state index contributed by atoms with van der Waals surface area (Å²) in [5, 5.41) is 3.12. The number of aromatic nitrogens is 1. The van der Waals surface area contributed by atoms with Crippen molar-refractivity contribution in [2.24, 2.45) is 5.92 Å². The normalized spacial score (nSPS) is 12.5. The molecule has 1 unspecified atom stereocenters. The third kappa shape index (κ3) is 3.34. The molecule has 1 heterocycles. The fourth-order valence-electron chi connectivity index (χ4n) is 1.26. The molecule has 0 aromatic carbocycles. The number of pyridine rings is 1. The van der Waals surface area contributed by atoms with E-state index >= 15 is 0 Å². The maximum Gasteiger partial charge on any atom is 0.140 e. The Morgan fingerprint density at radius 2 is 2.36 bits per heavy atom. The Balaban J connectivity index is 2.41. The minimum absolute atomic E-state index is 0.514. The summed E-state index contributed by atoms with van der Waals surface area (Å²) in [6, 6.07) is 3.85. The molecular weight excluding hydrogens is 176 g/mol. The van der Waals surface area contributed by atoms with Crippen LogP contribution in [0.4, 0.5) is 0 Å². The van der Waals surface area contributed by atoms with E-state index in [1.54, 1.807) is 6.20 Å². The molecule has 0 saturated heterocycles. The lowest BCUT2D eigenvalue weighted by atomic mass is 10.2. The first-order valence-corrected chi connectivity index (χ1v) is 4.93. The van der Waals surface area contributed by atoms with Crippen molar-refractivity contribution < 1.29 is 4.74 Å². The van der Waals surface area contributed by atoms with Crippen LogP contribution >= 0.6 is 0 Å². The van der Waals surface area contributed by atoms with Gasteiger partial charge in [0.15, 0.2) is 0 Å². The predicted octanol–water partition coefficient (Wildman–Crippen LogP) is 1.62. The maximum absolute atomic E-state index is 5.65. The molecule has 0 saturated carbocycles. The van der Waals surface area contributed by atoms with Gasteiger partial charge in [-0.25, -0.2) is 0 Å². The zero-order valence-corrected chi connectivity index (χ0v) is 9.08. The molecule has 0 aliphatic rings. The first-order chi connectivity index (χ1) is 6.74. The van der Waals surface area contributed by atoms with E-state index in [0.29, 0.717) is 5.92 Å². The van der Waals surface area contributed by atoms with E-state index in [-0.39, 0.29) is 0 Å². The third-order valence-electron chi connectivity index (χ3n) is 2.03. The van der Waals surface area contributed by atoms with Crippen molar-refractivity contribution in [2.45, 2.75) is 13.8 Å². The summed E-state index contributed by atoms with van der Waals surface area (Å²) in [6.45, 7) is 5.81. The summed E-state index contributed by atoms with van der Waals surface area (Å²) in [7, 11) is 1.95. The van der Waals surface area contributed by atoms with E-state index in [1.165, 1.54) is 0 Å². The molecule has 1 aromatic heterocycles. The highest BCUT2D eigenvalue weighted by atomic mass is 16.5. The summed E-state index contributed by atoms with van der Waals surface area (Å²) < 4.78 is 5.65. The highest BCUT2D eigenvalue weighted by Gasteiger charge is 2.03. The molecule has 3 heteroatoms. The van der Waals surface area contributed by atoms with E-state index in [4.69, 9.17) is 4.74 Å². The number of ether oxygens (including phenoxy) is 1. The lowest BCUT2D eigenvalue weighted by molar-refractivity contribution is 0.255. The van der Waals surface area contributed by atoms with Crippen LogP contribution in [0.2, 0.25) is 0 Å². The Morgan fingerprint density at radius 3 is 3.00 bits per heavy atom. The van der Waals surface area contributed by atoms with E-state index in [2.05, 4.69) is 17.2 Å². The second kappa shape index (κ2) is 5.60. The van der Waals surface area contributed by atoms with Gasteiger partial charge in [0.25, 0.3) is 0 Å². The Labute approximate surface area is 85.5 Å². The molecule has 0 bridgehead atoms. The molecule has 14 heavy (non-hydrogen) atoms. The summed E-state index contributed by atoms with van der Waals surface area (Å²) >= 11 is 0. The van der Waals surface area contributed by atoms with Crippen molar-refractivity contribution in [3.8, 4) is 5.75 Å². The molecule has 0 radical (unpaired) electrons. The van der Waals surface area contributed by atoms with Gasteiger partial charge in [0, 0.05) is 18.7 Å². The standard InChI is InChI=1S/C11H18N2O/c1-9(7-12-3)8-14-11-5-4-6-13-10(11)2/h4-6,9,12H,7-8H2,1-3H3. The smallest absolute Gasteiger partial charge is 0.140 e. The summed E-state index contributed by atoms with van der Waals surface area (Å²) in [5.74, 6) is 1.40. The fourth-order valence-corrected chi connectivity index (χ4v) is 1.26. The zero-order valence-electron chi connectivity index (χ0n) is 9.08. The van der Waals surface area contributed by atoms with Crippen LogP contribution in [0.3, 0.4) is 0 Å². The Hall–Kier alpha value is -1.09. The Bertz CT molecular complexity index is 276. The number of rotatable bonds is 5. The zero-order chi connectivity index (χ0) is 10.4. The van der Waals surface area contributed by atoms with Crippen molar-refractivity contribution in [3.05, 3.63) is 24.0 Å². The van der Waals surface area contributed by atoms with Crippen molar-refractivity contribution in [1.29, 1.82) is 0 Å². The van der Waals surface area contributed by atoms with Gasteiger partial charge in [-0.1, -0.05) is 6.92 Å². The third-order valence-corrected chi connectivity index (χ3v) is 2.03. The Morgan fingerprint density at radius 1 is 1.57 bits per heavy atom. The molecule has 1 aromatic rings. The van der Waals surface area contributed by atoms with Crippen LogP contribution in [-0.2, 0) is 0 Å². The van der Waals surface area contributed by atoms with Crippen LogP contribution in [0, 0.1) is 12.8 Å². The van der Waals surface area contributed by atoms with Crippen LogP contribution in [0.5, 0.6) is 5.75 Å². The monoisotopic (exact) mass is 194 g/mol. The molecule has 1 rings (SSSR count). The van der Waals surface area contributed by atoms with Gasteiger partial charge >= 0.3 is 0 Å². The van der Waals surface area contributed by atoms with Crippen molar-refractivity contribution in [2.75, 3.05) is 20.2 Å². The quantitative estimate of drug-likeness (QED) is 0.773. The van der Waals surface area contributed by atoms with Gasteiger partial charge in [-0.05, 0) is 26.1 Å². The second-order valence-corrected chi connectivity index (χ2v) is 3.56. The fraction of sp³-hybridized carbons (Fsp3) is 0.545. The first-order valence-electron chi connectivity index (χ1n) is 4.93. The molecule has 0 aliphatic heterocycles. The average Bonchev–Trinajstić information content (AvgIpc) is 2.17. The minimum Gasteiger partial charge on any atom is -0.491 e. The van der Waals surface area contributed by atoms with Crippen molar-refractivity contribution in [1.82, 2.24) is 10.3 Å². The molecule has 0 spiro atoms. The van der Waals surface area contributed by atoms with Crippen LogP contribution < -0.4 is 10.1 Å². The summed E-state index contributed by atoms with van der Waals surface area (Å²) in [6.07, 6.45) is 1.78. The number of nitrogens with zero attached hydrogens (tertiary/aromatic N) is 1. The van der Waals surface area contributed by atoms with Gasteiger partial charge in [-0.2, -0.15) is 0 Å². The lowest BCUT2D eigenvalue weighted by Gasteiger charge is -2.13. The highest BCUT2D eigenvalue weighted by molar-refractivity contribution is 5.25. The molecular formula is C11H18N2O. The second-order valence-electron chi connectivity index (χ2n) is 3.56. The van der Waals surface area contributed by atoms with Crippen LogP contribution in [0.1, 0.15) is 12.6 Å². The van der Waals surface area contributed by atoms with E-state index in [0.717, 1.165) is 24.6 Å². The number of hydrogen-bond acceptors (Lipinski definition) is 3. The molecule has 1 atom stereocenters. The van der Waals surface area contributed by atoms with Crippen LogP contribution in [-0.4, -0.2) is 25.2 Å². The van der Waals surface area contributed by atoms with Crippen LogP contribution in [0.15, 0.2) is 18.3 Å². The van der Waals surface area contributed by atoms with Gasteiger partial charge in [-0.15, -0.1) is 0 Å². The van der Waals surface area contributed by atoms with Gasteiger partial charge in [-0.3, -0.25) is 4.98 Å². The van der Waals surface area contributed by atoms with Gasteiger partial charge in [0.05, 0.1) is 12.3 Å². The maximum atomic E-state index is 5.65. The van der Waals surface area contributed by atoms with Gasteiger partial charge in [0.1, 0.15) is 5.75 Å². The van der Waals surface area contributed by atoms with Crippen molar-refractivity contribution in [3.63, 3.8) is 0 Å². The molecule has 78 valence electrons. The highest BCUT2D eigenvalue weighted by Crippen LogP contribution is 2.14. The molecule has 0 aliphatic carbocycles. The van der Waals surface area contributed by atoms with Crippen molar-refractivity contribution >= 4 is 0 Å². The summed E-state index contributed by atoms with van der Waals surface area (Å²) in [5.41, 5.74) is 0.948. The average molecular weight is 194 g/mol. The molecule has 3 nitrogen and oxygen atoms in total. The van der Waals surface area contributed by atoms with Crippen LogP contribution in [0.25, 0.3) is 0 Å². The van der Waals surface area contributed by atoms with E-state index in [9.17, 15) is 0 Å².